The zero-order chi connectivity index (χ0) is 18.8. The normalized spacial score (nSPS) is 10.7. The molecular weight excluding hydrogens is 342 g/mol. The third-order valence-corrected chi connectivity index (χ3v) is 4.20. The summed E-state index contributed by atoms with van der Waals surface area (Å²) in [5.41, 5.74) is 2.58. The Kier molecular flexibility index (Phi) is 4.25. The van der Waals surface area contributed by atoms with E-state index in [1.807, 2.05) is 37.3 Å². The molecule has 1 amide bonds. The predicted molar refractivity (Wildman–Crippen MR) is 102 cm³/mol. The number of hydrogen-bond acceptors (Lipinski definition) is 5. The number of methoxy groups -OCH3 is 1. The summed E-state index contributed by atoms with van der Waals surface area (Å²) in [5.74, 6) is 1.16. The number of aromatic nitrogens is 4. The van der Waals surface area contributed by atoms with Gasteiger partial charge in [-0.3, -0.25) is 9.78 Å². The van der Waals surface area contributed by atoms with E-state index >= 15 is 0 Å². The lowest BCUT2D eigenvalue weighted by Crippen LogP contribution is -2.14. The van der Waals surface area contributed by atoms with Gasteiger partial charge in [0.1, 0.15) is 5.75 Å². The number of nitrogens with zero attached hydrogens (tertiary/aromatic N) is 4. The molecule has 7 heteroatoms. The highest BCUT2D eigenvalue weighted by atomic mass is 16.5. The number of ether oxygens (including phenoxy) is 1. The van der Waals surface area contributed by atoms with Crippen LogP contribution in [0.25, 0.3) is 16.7 Å². The summed E-state index contributed by atoms with van der Waals surface area (Å²) in [6, 6.07) is 12.8. The lowest BCUT2D eigenvalue weighted by Gasteiger charge is -2.10. The molecule has 0 radical (unpaired) electrons. The maximum absolute atomic E-state index is 12.7. The highest BCUT2D eigenvalue weighted by Gasteiger charge is 2.13. The zero-order valence-electron chi connectivity index (χ0n) is 14.9. The summed E-state index contributed by atoms with van der Waals surface area (Å²) in [5, 5.41) is 7.83. The first-order valence-electron chi connectivity index (χ1n) is 8.37. The summed E-state index contributed by atoms with van der Waals surface area (Å²) < 4.78 is 6.90. The maximum Gasteiger partial charge on any atom is 0.257 e. The van der Waals surface area contributed by atoms with Crippen LogP contribution >= 0.6 is 0 Å². The molecule has 134 valence electrons. The Morgan fingerprint density at radius 1 is 1.19 bits per heavy atom. The highest BCUT2D eigenvalue weighted by molar-refractivity contribution is 6.06. The van der Waals surface area contributed by atoms with Gasteiger partial charge in [-0.25, -0.2) is 9.67 Å². The van der Waals surface area contributed by atoms with E-state index in [1.165, 1.54) is 0 Å². The molecule has 7 nitrogen and oxygen atoms in total. The van der Waals surface area contributed by atoms with Crippen molar-refractivity contribution in [2.45, 2.75) is 6.92 Å². The molecule has 0 atom stereocenters. The van der Waals surface area contributed by atoms with E-state index in [2.05, 4.69) is 20.4 Å². The van der Waals surface area contributed by atoms with Crippen LogP contribution in [0, 0.1) is 6.92 Å². The van der Waals surface area contributed by atoms with Crippen LogP contribution in [-0.4, -0.2) is 32.8 Å². The van der Waals surface area contributed by atoms with Crippen molar-refractivity contribution in [1.82, 2.24) is 19.7 Å². The molecule has 0 saturated heterocycles. The second kappa shape index (κ2) is 6.87. The Labute approximate surface area is 155 Å². The summed E-state index contributed by atoms with van der Waals surface area (Å²) in [6.45, 7) is 1.82. The van der Waals surface area contributed by atoms with Crippen molar-refractivity contribution in [3.63, 3.8) is 0 Å². The van der Waals surface area contributed by atoms with E-state index in [1.54, 1.807) is 42.5 Å². The number of hydrogen-bond donors (Lipinski definition) is 1. The summed E-state index contributed by atoms with van der Waals surface area (Å²) in [4.78, 5) is 21.6. The number of amides is 1. The summed E-state index contributed by atoms with van der Waals surface area (Å²) >= 11 is 0. The number of pyridine rings is 2. The minimum Gasteiger partial charge on any atom is -0.497 e. The van der Waals surface area contributed by atoms with Gasteiger partial charge in [0.25, 0.3) is 5.91 Å². The van der Waals surface area contributed by atoms with Crippen molar-refractivity contribution in [3.05, 3.63) is 72.3 Å². The highest BCUT2D eigenvalue weighted by Crippen LogP contribution is 2.22. The van der Waals surface area contributed by atoms with Crippen LogP contribution in [0.3, 0.4) is 0 Å². The Morgan fingerprint density at radius 3 is 2.78 bits per heavy atom. The largest absolute Gasteiger partial charge is 0.497 e. The van der Waals surface area contributed by atoms with Crippen molar-refractivity contribution in [1.29, 1.82) is 0 Å². The van der Waals surface area contributed by atoms with Gasteiger partial charge in [-0.1, -0.05) is 0 Å². The van der Waals surface area contributed by atoms with Crippen LogP contribution in [0.2, 0.25) is 0 Å². The third kappa shape index (κ3) is 3.35. The second-order valence-corrected chi connectivity index (χ2v) is 5.99. The smallest absolute Gasteiger partial charge is 0.257 e. The van der Waals surface area contributed by atoms with Gasteiger partial charge in [0.05, 0.1) is 35.8 Å². The van der Waals surface area contributed by atoms with Crippen LogP contribution in [0.4, 0.5) is 5.69 Å². The molecule has 0 aliphatic rings. The number of aryl methyl sites for hydroxylation is 1. The number of carbonyl (C=O) groups excluding carboxylic acids is 1. The van der Waals surface area contributed by atoms with Gasteiger partial charge in [0.2, 0.25) is 0 Å². The van der Waals surface area contributed by atoms with Gasteiger partial charge in [-0.2, -0.15) is 5.10 Å². The Morgan fingerprint density at radius 2 is 2.07 bits per heavy atom. The number of fused-ring (bicyclic) bond motifs is 1. The number of carbonyl (C=O) groups is 1. The molecule has 0 bridgehead atoms. The van der Waals surface area contributed by atoms with Crippen LogP contribution in [-0.2, 0) is 0 Å². The monoisotopic (exact) mass is 359 g/mol. The summed E-state index contributed by atoms with van der Waals surface area (Å²) in [7, 11) is 1.61. The Hall–Kier alpha value is -3.74. The predicted octanol–water partition coefficient (Wildman–Crippen LogP) is 3.38. The van der Waals surface area contributed by atoms with Gasteiger partial charge in [-0.05, 0) is 49.4 Å². The fourth-order valence-corrected chi connectivity index (χ4v) is 2.81. The zero-order valence-corrected chi connectivity index (χ0v) is 14.9. The first kappa shape index (κ1) is 16.7. The first-order chi connectivity index (χ1) is 13.1. The molecule has 0 aliphatic heterocycles. The fourth-order valence-electron chi connectivity index (χ4n) is 2.81. The second-order valence-electron chi connectivity index (χ2n) is 5.99. The third-order valence-electron chi connectivity index (χ3n) is 4.20. The van der Waals surface area contributed by atoms with Crippen molar-refractivity contribution in [3.8, 4) is 11.6 Å². The van der Waals surface area contributed by atoms with Crippen LogP contribution < -0.4 is 10.1 Å². The molecule has 0 aliphatic carbocycles. The van der Waals surface area contributed by atoms with Crippen LogP contribution in [0.15, 0.2) is 61.1 Å². The molecule has 1 N–H and O–H groups in total. The molecule has 0 saturated carbocycles. The molecule has 4 rings (SSSR count). The molecule has 27 heavy (non-hydrogen) atoms. The Balaban J connectivity index is 1.59. The number of rotatable bonds is 4. The molecule has 4 aromatic rings. The lowest BCUT2D eigenvalue weighted by atomic mass is 10.1. The van der Waals surface area contributed by atoms with Crippen molar-refractivity contribution in [2.24, 2.45) is 0 Å². The van der Waals surface area contributed by atoms with Crippen molar-refractivity contribution >= 4 is 22.5 Å². The van der Waals surface area contributed by atoms with E-state index < -0.39 is 0 Å². The standard InChI is InChI=1S/C20H17N5O2/c1-13-17(11-14-10-16(27-2)5-6-18(14)23-13)20(26)24-15-4-7-19(21-12-15)25-9-3-8-22-25/h3-12H,1-2H3,(H,24,26). The maximum atomic E-state index is 12.7. The van der Waals surface area contributed by atoms with Gasteiger partial charge >= 0.3 is 0 Å². The van der Waals surface area contributed by atoms with E-state index in [0.717, 1.165) is 16.7 Å². The topological polar surface area (TPSA) is 81.9 Å². The quantitative estimate of drug-likeness (QED) is 0.604. The van der Waals surface area contributed by atoms with Crippen LogP contribution in [0.5, 0.6) is 5.75 Å². The van der Waals surface area contributed by atoms with Crippen LogP contribution in [0.1, 0.15) is 16.1 Å². The SMILES string of the molecule is COc1ccc2nc(C)c(C(=O)Nc3ccc(-n4cccn4)nc3)cc2c1. The molecule has 1 aromatic carbocycles. The average Bonchev–Trinajstić information content (AvgIpc) is 3.22. The van der Waals surface area contributed by atoms with Gasteiger partial charge < -0.3 is 10.1 Å². The van der Waals surface area contributed by atoms with Crippen molar-refractivity contribution < 1.29 is 9.53 Å². The van der Waals surface area contributed by atoms with E-state index in [-0.39, 0.29) is 5.91 Å². The lowest BCUT2D eigenvalue weighted by molar-refractivity contribution is 0.102. The number of anilines is 1. The van der Waals surface area contributed by atoms with Gasteiger partial charge in [0, 0.05) is 17.8 Å². The Bertz CT molecular complexity index is 1110. The minimum absolute atomic E-state index is 0.238. The van der Waals surface area contributed by atoms with E-state index in [4.69, 9.17) is 4.74 Å². The molecule has 3 heterocycles. The molecule has 0 spiro atoms. The minimum atomic E-state index is -0.238. The van der Waals surface area contributed by atoms with Crippen molar-refractivity contribution in [2.75, 3.05) is 12.4 Å². The first-order valence-corrected chi connectivity index (χ1v) is 8.37. The molecular formula is C20H17N5O2. The van der Waals surface area contributed by atoms with E-state index in [0.29, 0.717) is 22.8 Å². The molecule has 0 fully saturated rings. The average molecular weight is 359 g/mol. The molecule has 3 aromatic heterocycles. The summed E-state index contributed by atoms with van der Waals surface area (Å²) in [6.07, 6.45) is 5.09. The molecule has 0 unspecified atom stereocenters. The van der Waals surface area contributed by atoms with Gasteiger partial charge in [-0.15, -0.1) is 0 Å². The number of benzene rings is 1. The fraction of sp³-hybridized carbons (Fsp3) is 0.100. The van der Waals surface area contributed by atoms with Gasteiger partial charge in [0.15, 0.2) is 5.82 Å². The number of nitrogens with one attached hydrogen (secondary N) is 1. The van der Waals surface area contributed by atoms with E-state index in [9.17, 15) is 4.79 Å².